The minimum atomic E-state index is -0.718. The molecule has 0 radical (unpaired) electrons. The quantitative estimate of drug-likeness (QED) is 0.255. The summed E-state index contributed by atoms with van der Waals surface area (Å²) >= 11 is 0. The lowest BCUT2D eigenvalue weighted by molar-refractivity contribution is -0.138. The lowest BCUT2D eigenvalue weighted by atomic mass is 9.77. The Balaban J connectivity index is 1.19. The van der Waals surface area contributed by atoms with Gasteiger partial charge in [0.2, 0.25) is 0 Å². The Labute approximate surface area is 214 Å². The first-order valence-corrected chi connectivity index (χ1v) is 12.4. The molecule has 1 heterocycles. The number of carboxylic acids is 1. The lowest BCUT2D eigenvalue weighted by Crippen LogP contribution is -2.16. The first kappa shape index (κ1) is 24.2. The van der Waals surface area contributed by atoms with Gasteiger partial charge < -0.3 is 20.2 Å². The highest BCUT2D eigenvalue weighted by molar-refractivity contribution is 6.01. The molecule has 8 heteroatoms. The van der Waals surface area contributed by atoms with Crippen molar-refractivity contribution >= 4 is 29.3 Å². The fourth-order valence-electron chi connectivity index (χ4n) is 4.91. The van der Waals surface area contributed by atoms with Crippen LogP contribution < -0.4 is 10.6 Å². The molecule has 8 nitrogen and oxygen atoms in total. The van der Waals surface area contributed by atoms with Crippen LogP contribution in [0.1, 0.15) is 54.3 Å². The number of para-hydroxylation sites is 1. The summed E-state index contributed by atoms with van der Waals surface area (Å²) in [6.07, 6.45) is 4.07. The first-order chi connectivity index (χ1) is 18.0. The number of amides is 1. The number of hydrogen-bond acceptors (Lipinski definition) is 6. The van der Waals surface area contributed by atoms with Crippen LogP contribution in [-0.4, -0.2) is 27.2 Å². The van der Waals surface area contributed by atoms with E-state index in [4.69, 9.17) is 9.52 Å². The Kier molecular flexibility index (Phi) is 7.26. The van der Waals surface area contributed by atoms with E-state index in [9.17, 15) is 9.59 Å². The predicted octanol–water partition coefficient (Wildman–Crippen LogP) is 6.48. The molecule has 3 N–H and O–H groups in total. The Bertz CT molecular complexity index is 1360. The second-order valence-electron chi connectivity index (χ2n) is 9.34. The molecule has 1 aliphatic carbocycles. The van der Waals surface area contributed by atoms with E-state index in [1.807, 2.05) is 78.9 Å². The molecule has 188 valence electrons. The van der Waals surface area contributed by atoms with Crippen LogP contribution in [0.4, 0.5) is 17.4 Å². The summed E-state index contributed by atoms with van der Waals surface area (Å²) in [7, 11) is 0. The van der Waals surface area contributed by atoms with Crippen molar-refractivity contribution in [3.8, 4) is 11.1 Å². The van der Waals surface area contributed by atoms with Crippen molar-refractivity contribution in [2.45, 2.75) is 38.0 Å². The van der Waals surface area contributed by atoms with Crippen LogP contribution in [0.5, 0.6) is 0 Å². The van der Waals surface area contributed by atoms with Crippen molar-refractivity contribution in [2.24, 2.45) is 5.92 Å². The Hall–Kier alpha value is -4.46. The molecule has 1 aliphatic rings. The minimum Gasteiger partial charge on any atom is -0.481 e. The highest BCUT2D eigenvalue weighted by Crippen LogP contribution is 2.37. The molecule has 0 saturated heterocycles. The summed E-state index contributed by atoms with van der Waals surface area (Å²) in [6, 6.07) is 25.6. The van der Waals surface area contributed by atoms with E-state index in [0.29, 0.717) is 11.6 Å². The summed E-state index contributed by atoms with van der Waals surface area (Å²) in [5, 5.41) is 22.8. The van der Waals surface area contributed by atoms with Crippen molar-refractivity contribution in [1.29, 1.82) is 0 Å². The van der Waals surface area contributed by atoms with Gasteiger partial charge in [-0.15, -0.1) is 5.10 Å². The zero-order chi connectivity index (χ0) is 25.6. The van der Waals surface area contributed by atoms with Crippen molar-refractivity contribution in [2.75, 3.05) is 10.6 Å². The summed E-state index contributed by atoms with van der Waals surface area (Å²) < 4.78 is 5.58. The minimum absolute atomic E-state index is 0.127. The van der Waals surface area contributed by atoms with E-state index >= 15 is 0 Å². The topological polar surface area (TPSA) is 117 Å². The molecular formula is C29H28N4O4. The molecular weight excluding hydrogens is 468 g/mol. The van der Waals surface area contributed by atoms with Crippen molar-refractivity contribution < 1.29 is 19.1 Å². The molecule has 5 rings (SSSR count). The van der Waals surface area contributed by atoms with Gasteiger partial charge >= 0.3 is 23.8 Å². The molecule has 37 heavy (non-hydrogen) atoms. The highest BCUT2D eigenvalue weighted by Gasteiger charge is 2.24. The van der Waals surface area contributed by atoms with E-state index in [0.717, 1.165) is 42.5 Å². The Morgan fingerprint density at radius 3 is 2.30 bits per heavy atom. The van der Waals surface area contributed by atoms with Crippen LogP contribution in [0.2, 0.25) is 0 Å². The maximum absolute atomic E-state index is 12.7. The van der Waals surface area contributed by atoms with E-state index in [1.165, 1.54) is 5.56 Å². The fraction of sp³-hybridized carbons (Fsp3) is 0.241. The maximum Gasteiger partial charge on any atom is 0.320 e. The largest absolute Gasteiger partial charge is 0.481 e. The third-order valence-electron chi connectivity index (χ3n) is 6.82. The number of carboxylic acid groups (broad SMARTS) is 1. The van der Waals surface area contributed by atoms with Gasteiger partial charge in [0.1, 0.15) is 0 Å². The van der Waals surface area contributed by atoms with E-state index in [1.54, 1.807) is 0 Å². The maximum atomic E-state index is 12.7. The third kappa shape index (κ3) is 6.03. The summed E-state index contributed by atoms with van der Waals surface area (Å²) in [4.78, 5) is 23.6. The van der Waals surface area contributed by atoms with Crippen LogP contribution in [0.3, 0.4) is 0 Å². The number of anilines is 3. The van der Waals surface area contributed by atoms with E-state index in [2.05, 4.69) is 20.8 Å². The first-order valence-electron chi connectivity index (χ1n) is 12.4. The lowest BCUT2D eigenvalue weighted by Gasteiger charge is -2.28. The summed E-state index contributed by atoms with van der Waals surface area (Å²) in [5.74, 6) is -0.657. The molecule has 4 aromatic rings. The van der Waals surface area contributed by atoms with Crippen LogP contribution in [-0.2, 0) is 4.79 Å². The number of benzene rings is 3. The number of nitrogens with one attached hydrogen (secondary N) is 2. The monoisotopic (exact) mass is 496 g/mol. The summed E-state index contributed by atoms with van der Waals surface area (Å²) in [5.41, 5.74) is 4.64. The molecule has 0 spiro atoms. The SMILES string of the molecule is O=C(O)C[C@H]1CC[C@H](c2ccc(NC(=O)c3nnc(Nc4ccccc4-c4ccccc4)o3)cc2)CC1. The number of rotatable bonds is 8. The molecule has 0 unspecified atom stereocenters. The Morgan fingerprint density at radius 2 is 1.57 bits per heavy atom. The van der Waals surface area contributed by atoms with Gasteiger partial charge in [0, 0.05) is 17.7 Å². The number of carbonyl (C=O) groups is 2. The van der Waals surface area contributed by atoms with Crippen LogP contribution in [0, 0.1) is 5.92 Å². The average Bonchev–Trinajstić information content (AvgIpc) is 3.39. The summed E-state index contributed by atoms with van der Waals surface area (Å²) in [6.45, 7) is 0. The number of aliphatic carboxylic acids is 1. The second kappa shape index (κ2) is 11.1. The molecule has 3 aromatic carbocycles. The highest BCUT2D eigenvalue weighted by atomic mass is 16.4. The van der Waals surface area contributed by atoms with Crippen LogP contribution in [0.15, 0.2) is 83.3 Å². The van der Waals surface area contributed by atoms with Gasteiger partial charge in [-0.25, -0.2) is 0 Å². The average molecular weight is 497 g/mol. The zero-order valence-corrected chi connectivity index (χ0v) is 20.3. The van der Waals surface area contributed by atoms with Crippen LogP contribution >= 0.6 is 0 Å². The van der Waals surface area contributed by atoms with Crippen molar-refractivity contribution in [3.05, 3.63) is 90.3 Å². The molecule has 0 bridgehead atoms. The standard InChI is InChI=1S/C29H28N4O4/c34-26(35)18-19-10-12-20(13-11-19)21-14-16-23(17-15-21)30-27(36)28-32-33-29(37-28)31-25-9-5-4-8-24(25)22-6-2-1-3-7-22/h1-9,14-17,19-20H,10-13,18H2,(H,30,36)(H,31,33)(H,34,35)/t19-,20-. The fourth-order valence-corrected chi connectivity index (χ4v) is 4.91. The molecule has 1 saturated carbocycles. The normalized spacial score (nSPS) is 17.2. The number of aromatic nitrogens is 2. The molecule has 0 atom stereocenters. The van der Waals surface area contributed by atoms with Crippen molar-refractivity contribution in [3.63, 3.8) is 0 Å². The number of hydrogen-bond donors (Lipinski definition) is 3. The second-order valence-corrected chi connectivity index (χ2v) is 9.34. The van der Waals surface area contributed by atoms with E-state index < -0.39 is 11.9 Å². The predicted molar refractivity (Wildman–Crippen MR) is 141 cm³/mol. The van der Waals surface area contributed by atoms with E-state index in [-0.39, 0.29) is 24.2 Å². The molecule has 1 fully saturated rings. The van der Waals surface area contributed by atoms with Gasteiger partial charge in [-0.05, 0) is 66.8 Å². The third-order valence-corrected chi connectivity index (χ3v) is 6.82. The van der Waals surface area contributed by atoms with Gasteiger partial charge in [-0.1, -0.05) is 65.8 Å². The zero-order valence-electron chi connectivity index (χ0n) is 20.3. The number of nitrogens with zero attached hydrogens (tertiary/aromatic N) is 2. The van der Waals surface area contributed by atoms with Crippen molar-refractivity contribution in [1.82, 2.24) is 10.2 Å². The number of carbonyl (C=O) groups excluding carboxylic acids is 1. The molecule has 0 aliphatic heterocycles. The van der Waals surface area contributed by atoms with Gasteiger partial charge in [0.05, 0.1) is 5.69 Å². The van der Waals surface area contributed by atoms with Gasteiger partial charge in [-0.2, -0.15) is 0 Å². The van der Waals surface area contributed by atoms with Gasteiger partial charge in [-0.3, -0.25) is 9.59 Å². The van der Waals surface area contributed by atoms with Gasteiger partial charge in [0.15, 0.2) is 0 Å². The Morgan fingerprint density at radius 1 is 0.865 bits per heavy atom. The van der Waals surface area contributed by atoms with Gasteiger partial charge in [0.25, 0.3) is 0 Å². The smallest absolute Gasteiger partial charge is 0.320 e. The van der Waals surface area contributed by atoms with Crippen LogP contribution in [0.25, 0.3) is 11.1 Å². The molecule has 1 aromatic heterocycles. The molecule has 1 amide bonds.